The summed E-state index contributed by atoms with van der Waals surface area (Å²) in [6, 6.07) is -2.82. The van der Waals surface area contributed by atoms with Crippen LogP contribution in [0.3, 0.4) is 0 Å². The molecule has 5 aliphatic rings. The zero-order valence-electron chi connectivity index (χ0n) is 23.9. The molecule has 2 aliphatic carbocycles. The quantitative estimate of drug-likeness (QED) is 0.295. The molecule has 42 heavy (non-hydrogen) atoms. The van der Waals surface area contributed by atoms with Gasteiger partial charge in [0.05, 0.1) is 38.4 Å². The molecule has 0 unspecified atom stereocenters. The average Bonchev–Trinajstić information content (AvgIpc) is 2.95. The van der Waals surface area contributed by atoms with Crippen LogP contribution in [0.1, 0.15) is 27.2 Å². The van der Waals surface area contributed by atoms with Crippen LogP contribution in [-0.4, -0.2) is 114 Å². The van der Waals surface area contributed by atoms with Crippen molar-refractivity contribution in [1.29, 1.82) is 5.26 Å². The van der Waals surface area contributed by atoms with Crippen molar-refractivity contribution in [3.05, 3.63) is 45.0 Å². The molecule has 0 spiro atoms. The highest BCUT2D eigenvalue weighted by Gasteiger charge is 2.62. The lowest BCUT2D eigenvalue weighted by atomic mass is 9.66. The van der Waals surface area contributed by atoms with E-state index in [1.165, 1.54) is 28.1 Å². The second-order valence-electron chi connectivity index (χ2n) is 11.0. The third-order valence-electron chi connectivity index (χ3n) is 9.04. The maximum atomic E-state index is 13.8. The van der Waals surface area contributed by atoms with Crippen LogP contribution in [0.4, 0.5) is 0 Å². The number of fused-ring (bicyclic) bond motifs is 5. The van der Waals surface area contributed by atoms with Crippen molar-refractivity contribution in [1.82, 2.24) is 15.1 Å². The van der Waals surface area contributed by atoms with Crippen molar-refractivity contribution in [2.24, 2.45) is 0 Å². The first-order chi connectivity index (χ1) is 19.8. The lowest BCUT2D eigenvalue weighted by Gasteiger charge is -2.61. The molecule has 1 saturated heterocycles. The Morgan fingerprint density at radius 2 is 1.55 bits per heavy atom. The molecule has 0 aromatic rings. The normalized spacial score (nSPS) is 31.5. The number of rotatable bonds is 5. The third kappa shape index (κ3) is 3.79. The number of aliphatic hydroxyl groups excluding tert-OH is 1. The summed E-state index contributed by atoms with van der Waals surface area (Å²) in [5.74, 6) is -4.30. The summed E-state index contributed by atoms with van der Waals surface area (Å²) in [5.41, 5.74) is 0.141. The van der Waals surface area contributed by atoms with Gasteiger partial charge < -0.3 is 19.9 Å². The first-order valence-corrected chi connectivity index (χ1v) is 13.3. The molecule has 3 aliphatic heterocycles. The molecule has 0 saturated carbocycles. The smallest absolute Gasteiger partial charge is 0.287 e. The molecule has 2 N–H and O–H groups in total. The van der Waals surface area contributed by atoms with Crippen LogP contribution >= 0.6 is 0 Å². The molecule has 1 amide bonds. The van der Waals surface area contributed by atoms with E-state index in [2.05, 4.69) is 11.4 Å². The standard InChI is InChI=1S/C29H30N4O9/c1-10-22(35)13-7-14-20-18-19(23(36)11(2)28(42-6)26(18)39)24(37)21(32(20)4)15(8-30)33(14)16(9-31-29(40)12(3)34)17(13)25(38)27(10)41-5/h14-16,20-21,24,37H,7,9H2,1-6H3,(H,31,40)/t14-,15-,16-,20-,21+,24+/m0/s1. The number of nitrogens with one attached hydrogen (secondary N) is 1. The van der Waals surface area contributed by atoms with Crippen molar-refractivity contribution in [3.8, 4) is 6.07 Å². The van der Waals surface area contributed by atoms with E-state index in [0.29, 0.717) is 0 Å². The maximum absolute atomic E-state index is 13.8. The number of nitrogens with zero attached hydrogens (tertiary/aromatic N) is 3. The Hall–Kier alpha value is -4.25. The minimum atomic E-state index is -1.56. The number of ketones is 5. The molecule has 1 fully saturated rings. The molecule has 0 radical (unpaired) electrons. The van der Waals surface area contributed by atoms with Gasteiger partial charge in [-0.2, -0.15) is 5.26 Å². The number of piperazine rings is 1. The minimum absolute atomic E-state index is 0.00455. The summed E-state index contributed by atoms with van der Waals surface area (Å²) in [4.78, 5) is 82.1. The summed E-state index contributed by atoms with van der Waals surface area (Å²) >= 11 is 0. The van der Waals surface area contributed by atoms with E-state index < -0.39 is 71.1 Å². The number of likely N-dealkylation sites (N-methyl/N-ethyl adjacent to an activating group) is 1. The summed E-state index contributed by atoms with van der Waals surface area (Å²) in [6.45, 7) is 3.63. The van der Waals surface area contributed by atoms with Crippen molar-refractivity contribution < 1.29 is 43.3 Å². The number of hydrogen-bond acceptors (Lipinski definition) is 12. The van der Waals surface area contributed by atoms with E-state index in [1.807, 2.05) is 0 Å². The predicted octanol–water partition coefficient (Wildman–Crippen LogP) is -1.18. The Labute approximate surface area is 241 Å². The molecule has 2 bridgehead atoms. The van der Waals surface area contributed by atoms with Crippen LogP contribution in [0, 0.1) is 11.3 Å². The number of carbonyl (C=O) groups is 6. The Morgan fingerprint density at radius 1 is 0.976 bits per heavy atom. The van der Waals surface area contributed by atoms with Crippen LogP contribution in [0.25, 0.3) is 0 Å². The van der Waals surface area contributed by atoms with Crippen molar-refractivity contribution in [2.75, 3.05) is 27.8 Å². The molecule has 6 atom stereocenters. The van der Waals surface area contributed by atoms with Gasteiger partial charge in [-0.05, 0) is 27.3 Å². The fourth-order valence-corrected chi connectivity index (χ4v) is 7.21. The molecule has 13 nitrogen and oxygen atoms in total. The number of hydrogen-bond donors (Lipinski definition) is 2. The Bertz CT molecular complexity index is 1560. The van der Waals surface area contributed by atoms with Gasteiger partial charge in [0, 0.05) is 52.9 Å². The van der Waals surface area contributed by atoms with Crippen LogP contribution < -0.4 is 5.32 Å². The fourth-order valence-electron chi connectivity index (χ4n) is 7.21. The van der Waals surface area contributed by atoms with Crippen molar-refractivity contribution >= 4 is 34.8 Å². The van der Waals surface area contributed by atoms with Gasteiger partial charge >= 0.3 is 0 Å². The van der Waals surface area contributed by atoms with Gasteiger partial charge in [-0.3, -0.25) is 38.6 Å². The molecule has 0 aromatic carbocycles. The Kier molecular flexibility index (Phi) is 7.13. The number of allylic oxidation sites excluding steroid dienone is 4. The van der Waals surface area contributed by atoms with Crippen LogP contribution in [0.15, 0.2) is 45.0 Å². The summed E-state index contributed by atoms with van der Waals surface area (Å²) in [5, 5.41) is 24.6. The number of carbonyl (C=O) groups excluding carboxylic acids is 6. The van der Waals surface area contributed by atoms with Gasteiger partial charge in [-0.15, -0.1) is 0 Å². The average molecular weight is 579 g/mol. The van der Waals surface area contributed by atoms with E-state index >= 15 is 0 Å². The highest BCUT2D eigenvalue weighted by atomic mass is 16.5. The van der Waals surface area contributed by atoms with Crippen molar-refractivity contribution in [3.63, 3.8) is 0 Å². The summed E-state index contributed by atoms with van der Waals surface area (Å²) in [6.07, 6.45) is -1.63. The van der Waals surface area contributed by atoms with Crippen LogP contribution in [-0.2, 0) is 38.2 Å². The van der Waals surface area contributed by atoms with E-state index in [1.54, 1.807) is 16.8 Å². The monoisotopic (exact) mass is 578 g/mol. The summed E-state index contributed by atoms with van der Waals surface area (Å²) in [7, 11) is 4.14. The highest BCUT2D eigenvalue weighted by Crippen LogP contribution is 2.49. The number of aliphatic hydroxyl groups is 1. The zero-order valence-corrected chi connectivity index (χ0v) is 23.9. The van der Waals surface area contributed by atoms with E-state index in [9.17, 15) is 39.1 Å². The fraction of sp³-hybridized carbons (Fsp3) is 0.483. The topological polar surface area (TPSA) is 183 Å². The Balaban J connectivity index is 1.74. The molecule has 220 valence electrons. The van der Waals surface area contributed by atoms with E-state index in [4.69, 9.17) is 9.47 Å². The van der Waals surface area contributed by atoms with Gasteiger partial charge in [0.15, 0.2) is 23.1 Å². The number of amides is 1. The second-order valence-corrected chi connectivity index (χ2v) is 11.0. The van der Waals surface area contributed by atoms with Gasteiger partial charge in [0.1, 0.15) is 12.1 Å². The minimum Gasteiger partial charge on any atom is -0.492 e. The highest BCUT2D eigenvalue weighted by molar-refractivity contribution is 6.35. The number of Topliss-reactive ketones (excluding diaryl/α,β-unsaturated/α-hetero) is 5. The molecule has 13 heteroatoms. The lowest BCUT2D eigenvalue weighted by Crippen LogP contribution is -2.77. The molecule has 5 rings (SSSR count). The third-order valence-corrected chi connectivity index (χ3v) is 9.04. The first-order valence-electron chi connectivity index (χ1n) is 13.3. The van der Waals surface area contributed by atoms with E-state index in [-0.39, 0.29) is 57.9 Å². The molecule has 3 heterocycles. The number of nitriles is 1. The van der Waals surface area contributed by atoms with Gasteiger partial charge in [-0.1, -0.05) is 0 Å². The van der Waals surface area contributed by atoms with E-state index in [0.717, 1.165) is 6.92 Å². The molecular weight excluding hydrogens is 548 g/mol. The maximum Gasteiger partial charge on any atom is 0.287 e. The lowest BCUT2D eigenvalue weighted by molar-refractivity contribution is -0.137. The van der Waals surface area contributed by atoms with Gasteiger partial charge in [-0.25, -0.2) is 0 Å². The van der Waals surface area contributed by atoms with Crippen LogP contribution in [0.5, 0.6) is 0 Å². The zero-order chi connectivity index (χ0) is 30.9. The summed E-state index contributed by atoms with van der Waals surface area (Å²) < 4.78 is 10.6. The Morgan fingerprint density at radius 3 is 2.10 bits per heavy atom. The molecular formula is C29H30N4O9. The van der Waals surface area contributed by atoms with Crippen molar-refractivity contribution in [2.45, 2.75) is 63.5 Å². The van der Waals surface area contributed by atoms with Gasteiger partial charge in [0.2, 0.25) is 17.3 Å². The predicted molar refractivity (Wildman–Crippen MR) is 142 cm³/mol. The SMILES string of the molecule is COC1=C(C)C(=O)C2=C(C1=O)[C@@H]1[C@@H]3CC4=C(C(=O)C(OC)=C(C)C4=O)[C@H](CNC(=O)C(C)=O)N3[C@@H](C#N)[C@H]([C@@H]2O)N1C. The van der Waals surface area contributed by atoms with Gasteiger partial charge in [0.25, 0.3) is 5.91 Å². The molecule has 0 aromatic heterocycles. The number of methoxy groups -OCH3 is 2. The number of ether oxygens (including phenoxy) is 2. The second kappa shape index (κ2) is 10.2. The first kappa shape index (κ1) is 29.2. The largest absolute Gasteiger partial charge is 0.492 e. The van der Waals surface area contributed by atoms with Crippen LogP contribution in [0.2, 0.25) is 0 Å².